The molecule has 5 nitrogen and oxygen atoms in total. The van der Waals surface area contributed by atoms with Crippen LogP contribution in [0.3, 0.4) is 0 Å². The molecular formula is C18H22F3NO4S. The number of halogens is 3. The van der Waals surface area contributed by atoms with Crippen LogP contribution in [-0.4, -0.2) is 44.3 Å². The van der Waals surface area contributed by atoms with E-state index in [4.69, 9.17) is 4.74 Å². The molecule has 0 aromatic heterocycles. The molecule has 1 aliphatic heterocycles. The van der Waals surface area contributed by atoms with E-state index in [1.165, 1.54) is 10.4 Å². The fourth-order valence-corrected chi connectivity index (χ4v) is 4.65. The number of sulfonamides is 1. The first-order valence-electron chi connectivity index (χ1n) is 8.97. The Hall–Kier alpha value is -1.45. The van der Waals surface area contributed by atoms with Crippen LogP contribution in [0.4, 0.5) is 13.2 Å². The number of carbonyl (C=O) groups is 1. The number of Topliss-reactive ketones (excluding diaryl/α,β-unsaturated/α-hetero) is 1. The fraction of sp³-hybridized carbons (Fsp3) is 0.611. The third kappa shape index (κ3) is 5.30. The van der Waals surface area contributed by atoms with Gasteiger partial charge < -0.3 is 4.74 Å². The predicted molar refractivity (Wildman–Crippen MR) is 91.5 cm³/mol. The number of benzene rings is 1. The van der Waals surface area contributed by atoms with E-state index < -0.39 is 21.8 Å². The number of nitrogens with zero attached hydrogens (tertiary/aromatic N) is 1. The van der Waals surface area contributed by atoms with Crippen LogP contribution in [0.2, 0.25) is 0 Å². The first-order valence-corrected chi connectivity index (χ1v) is 10.4. The molecule has 1 heterocycles. The Kier molecular flexibility index (Phi) is 5.93. The van der Waals surface area contributed by atoms with Crippen LogP contribution >= 0.6 is 0 Å². The number of carbonyl (C=O) groups excluding carboxylic acids is 1. The summed E-state index contributed by atoms with van der Waals surface area (Å²) in [7, 11) is -4.00. The van der Waals surface area contributed by atoms with Gasteiger partial charge in [0.1, 0.15) is 6.61 Å². The topological polar surface area (TPSA) is 63.7 Å². The molecule has 2 fully saturated rings. The molecule has 2 aliphatic rings. The predicted octanol–water partition coefficient (Wildman–Crippen LogP) is 3.24. The van der Waals surface area contributed by atoms with E-state index >= 15 is 0 Å². The molecule has 0 bridgehead atoms. The molecule has 1 saturated carbocycles. The zero-order valence-electron chi connectivity index (χ0n) is 14.7. The lowest BCUT2D eigenvalue weighted by Crippen LogP contribution is -2.41. The normalized spacial score (nSPS) is 20.0. The summed E-state index contributed by atoms with van der Waals surface area (Å²) < 4.78 is 70.5. The number of piperidine rings is 1. The Morgan fingerprint density at radius 1 is 1.15 bits per heavy atom. The largest absolute Gasteiger partial charge is 0.416 e. The number of ketones is 1. The molecular weight excluding hydrogens is 383 g/mol. The van der Waals surface area contributed by atoms with Gasteiger partial charge in [-0.15, -0.1) is 0 Å². The third-order valence-corrected chi connectivity index (χ3v) is 6.79. The van der Waals surface area contributed by atoms with Gasteiger partial charge in [-0.1, -0.05) is 6.07 Å². The number of rotatable bonds is 7. The zero-order chi connectivity index (χ0) is 19.7. The Bertz CT molecular complexity index is 782. The minimum absolute atomic E-state index is 0.0432. The highest BCUT2D eigenvalue weighted by molar-refractivity contribution is 7.89. The van der Waals surface area contributed by atoms with Crippen molar-refractivity contribution in [2.24, 2.45) is 5.92 Å². The molecule has 0 amide bonds. The number of hydrogen-bond donors (Lipinski definition) is 0. The van der Waals surface area contributed by atoms with E-state index in [2.05, 4.69) is 0 Å². The van der Waals surface area contributed by atoms with Gasteiger partial charge >= 0.3 is 6.18 Å². The van der Waals surface area contributed by atoms with Gasteiger partial charge in [0, 0.05) is 19.5 Å². The Morgan fingerprint density at radius 2 is 1.81 bits per heavy atom. The zero-order valence-corrected chi connectivity index (χ0v) is 15.6. The third-order valence-electron chi connectivity index (χ3n) is 4.89. The average Bonchev–Trinajstić information content (AvgIpc) is 3.44. The molecule has 1 saturated heterocycles. The molecule has 0 N–H and O–H groups in total. The number of alkyl halides is 3. The van der Waals surface area contributed by atoms with E-state index in [0.717, 1.165) is 25.0 Å². The Labute approximate surface area is 156 Å². The summed E-state index contributed by atoms with van der Waals surface area (Å²) in [5.41, 5.74) is -0.990. The minimum Gasteiger partial charge on any atom is -0.370 e. The van der Waals surface area contributed by atoms with Crippen LogP contribution in [-0.2, 0) is 25.7 Å². The number of ether oxygens (including phenoxy) is 1. The second-order valence-electron chi connectivity index (χ2n) is 7.13. The van der Waals surface area contributed by atoms with Crippen molar-refractivity contribution in [1.29, 1.82) is 0 Å². The smallest absolute Gasteiger partial charge is 0.370 e. The highest BCUT2D eigenvalue weighted by Crippen LogP contribution is 2.33. The molecule has 0 spiro atoms. The molecule has 0 radical (unpaired) electrons. The van der Waals surface area contributed by atoms with Crippen LogP contribution in [0, 0.1) is 5.92 Å². The van der Waals surface area contributed by atoms with Crippen LogP contribution in [0.1, 0.15) is 37.7 Å². The van der Waals surface area contributed by atoms with Gasteiger partial charge in [-0.25, -0.2) is 8.42 Å². The molecule has 1 aliphatic carbocycles. The van der Waals surface area contributed by atoms with Crippen LogP contribution in [0.25, 0.3) is 0 Å². The van der Waals surface area contributed by atoms with Gasteiger partial charge in [0.2, 0.25) is 10.0 Å². The lowest BCUT2D eigenvalue weighted by Gasteiger charge is -2.31. The molecule has 1 aromatic carbocycles. The van der Waals surface area contributed by atoms with E-state index in [-0.39, 0.29) is 36.5 Å². The van der Waals surface area contributed by atoms with Gasteiger partial charge in [-0.05, 0) is 49.8 Å². The van der Waals surface area contributed by atoms with Gasteiger partial charge in [0.05, 0.1) is 16.6 Å². The van der Waals surface area contributed by atoms with Crippen molar-refractivity contribution < 1.29 is 31.1 Å². The van der Waals surface area contributed by atoms with E-state index in [1.54, 1.807) is 0 Å². The highest BCUT2D eigenvalue weighted by Gasteiger charge is 2.34. The quantitative estimate of drug-likeness (QED) is 0.699. The van der Waals surface area contributed by atoms with Crippen molar-refractivity contribution in [1.82, 2.24) is 4.31 Å². The van der Waals surface area contributed by atoms with E-state index in [9.17, 15) is 26.4 Å². The molecule has 1 aromatic rings. The van der Waals surface area contributed by atoms with Crippen molar-refractivity contribution >= 4 is 15.8 Å². The summed E-state index contributed by atoms with van der Waals surface area (Å²) in [6, 6.07) is 3.77. The van der Waals surface area contributed by atoms with E-state index in [1.807, 2.05) is 0 Å². The molecule has 0 unspecified atom stereocenters. The molecule has 27 heavy (non-hydrogen) atoms. The van der Waals surface area contributed by atoms with Gasteiger partial charge in [0.15, 0.2) is 5.78 Å². The summed E-state index contributed by atoms with van der Waals surface area (Å²) in [5, 5.41) is 0. The maximum atomic E-state index is 12.8. The fourth-order valence-electron chi connectivity index (χ4n) is 3.13. The molecule has 9 heteroatoms. The minimum atomic E-state index is -4.60. The number of hydrogen-bond acceptors (Lipinski definition) is 4. The van der Waals surface area contributed by atoms with Gasteiger partial charge in [-0.3, -0.25) is 4.79 Å². The van der Waals surface area contributed by atoms with Crippen LogP contribution < -0.4 is 0 Å². The molecule has 3 rings (SSSR count). The van der Waals surface area contributed by atoms with Gasteiger partial charge in [-0.2, -0.15) is 17.5 Å². The standard InChI is InChI=1S/C18H22F3NO4S/c19-18(20,21)14-2-1-3-17(11-14)27(24,25)22-8-6-16(7-9-22)26-12-15(23)10-13-4-5-13/h1-3,11,13,16H,4-10,12H2. The van der Waals surface area contributed by atoms with Crippen molar-refractivity contribution in [3.8, 4) is 0 Å². The summed E-state index contributed by atoms with van der Waals surface area (Å²) in [5.74, 6) is 0.567. The van der Waals surface area contributed by atoms with Crippen molar-refractivity contribution in [3.63, 3.8) is 0 Å². The van der Waals surface area contributed by atoms with Crippen LogP contribution in [0.5, 0.6) is 0 Å². The first-order chi connectivity index (χ1) is 12.7. The van der Waals surface area contributed by atoms with Crippen LogP contribution in [0.15, 0.2) is 29.2 Å². The summed E-state index contributed by atoms with van der Waals surface area (Å²) in [6.07, 6.45) is -1.25. The summed E-state index contributed by atoms with van der Waals surface area (Å²) >= 11 is 0. The van der Waals surface area contributed by atoms with Crippen molar-refractivity contribution in [2.75, 3.05) is 19.7 Å². The Morgan fingerprint density at radius 3 is 2.41 bits per heavy atom. The van der Waals surface area contributed by atoms with Crippen molar-refractivity contribution in [3.05, 3.63) is 29.8 Å². The average molecular weight is 405 g/mol. The van der Waals surface area contributed by atoms with E-state index in [0.29, 0.717) is 31.2 Å². The maximum Gasteiger partial charge on any atom is 0.416 e. The second-order valence-corrected chi connectivity index (χ2v) is 9.06. The second kappa shape index (κ2) is 7.89. The monoisotopic (exact) mass is 405 g/mol. The lowest BCUT2D eigenvalue weighted by atomic mass is 10.1. The highest BCUT2D eigenvalue weighted by atomic mass is 32.2. The van der Waals surface area contributed by atoms with Gasteiger partial charge in [0.25, 0.3) is 0 Å². The Balaban J connectivity index is 1.55. The summed E-state index contributed by atoms with van der Waals surface area (Å²) in [4.78, 5) is 11.4. The SMILES string of the molecule is O=C(COC1CCN(S(=O)(=O)c2cccc(C(F)(F)F)c2)CC1)CC1CC1. The van der Waals surface area contributed by atoms with Crippen molar-refractivity contribution in [2.45, 2.75) is 49.3 Å². The molecule has 150 valence electrons. The molecule has 0 atom stereocenters. The maximum absolute atomic E-state index is 12.8. The lowest BCUT2D eigenvalue weighted by molar-refractivity contribution is -0.137. The first kappa shape index (κ1) is 20.3. The summed E-state index contributed by atoms with van der Waals surface area (Å²) in [6.45, 7) is 0.349.